The Bertz CT molecular complexity index is 762. The number of carbonyl (C=O) groups excluding carboxylic acids is 1. The Morgan fingerprint density at radius 3 is 2.86 bits per heavy atom. The molecule has 0 aliphatic carbocycles. The van der Waals surface area contributed by atoms with E-state index in [4.69, 9.17) is 4.52 Å². The van der Waals surface area contributed by atoms with Crippen LogP contribution in [0.15, 0.2) is 47.6 Å². The molecule has 0 atom stereocenters. The fourth-order valence-corrected chi connectivity index (χ4v) is 2.09. The van der Waals surface area contributed by atoms with Gasteiger partial charge in [0.25, 0.3) is 5.91 Å². The molecule has 7 heteroatoms. The summed E-state index contributed by atoms with van der Waals surface area (Å²) in [6.45, 7) is 2.20. The molecule has 0 fully saturated rings. The topological polar surface area (TPSA) is 77.1 Å². The van der Waals surface area contributed by atoms with Gasteiger partial charge in [-0.05, 0) is 19.1 Å². The van der Waals surface area contributed by atoms with Crippen LogP contribution >= 0.6 is 0 Å². The highest BCUT2D eigenvalue weighted by Gasteiger charge is 2.14. The third kappa shape index (κ3) is 2.88. The number of amides is 1. The molecule has 0 unspecified atom stereocenters. The van der Waals surface area contributed by atoms with Crippen LogP contribution in [0.2, 0.25) is 0 Å². The fraction of sp³-hybridized carbons (Fsp3) is 0.200. The molecule has 22 heavy (non-hydrogen) atoms. The van der Waals surface area contributed by atoms with Gasteiger partial charge in [-0.3, -0.25) is 9.36 Å². The number of imidazole rings is 1. The zero-order valence-electron chi connectivity index (χ0n) is 12.3. The molecule has 7 nitrogen and oxygen atoms in total. The molecule has 0 aliphatic heterocycles. The van der Waals surface area contributed by atoms with Crippen molar-refractivity contribution < 1.29 is 9.32 Å². The third-order valence-electron chi connectivity index (χ3n) is 3.19. The summed E-state index contributed by atoms with van der Waals surface area (Å²) in [6, 6.07) is 5.34. The van der Waals surface area contributed by atoms with Gasteiger partial charge in [0.05, 0.1) is 12.1 Å². The second-order valence-corrected chi connectivity index (χ2v) is 4.97. The second-order valence-electron chi connectivity index (χ2n) is 4.97. The maximum absolute atomic E-state index is 12.4. The van der Waals surface area contributed by atoms with Gasteiger partial charge >= 0.3 is 0 Å². The van der Waals surface area contributed by atoms with Crippen molar-refractivity contribution in [1.29, 1.82) is 0 Å². The summed E-state index contributed by atoms with van der Waals surface area (Å²) < 4.78 is 6.77. The van der Waals surface area contributed by atoms with Crippen molar-refractivity contribution in [3.05, 3.63) is 60.1 Å². The van der Waals surface area contributed by atoms with Gasteiger partial charge in [0.15, 0.2) is 0 Å². The van der Waals surface area contributed by atoms with E-state index >= 15 is 0 Å². The zero-order valence-corrected chi connectivity index (χ0v) is 12.3. The maximum Gasteiger partial charge on any atom is 0.255 e. The van der Waals surface area contributed by atoms with Crippen LogP contribution in [0.3, 0.4) is 0 Å². The summed E-state index contributed by atoms with van der Waals surface area (Å²) in [5.41, 5.74) is 1.24. The van der Waals surface area contributed by atoms with Gasteiger partial charge in [0.2, 0.25) is 0 Å². The highest BCUT2D eigenvalue weighted by Crippen LogP contribution is 2.10. The fourth-order valence-electron chi connectivity index (χ4n) is 2.09. The summed E-state index contributed by atoms with van der Waals surface area (Å²) in [6.07, 6.45) is 6.68. The van der Waals surface area contributed by atoms with E-state index in [1.165, 1.54) is 0 Å². The molecule has 0 radical (unpaired) electrons. The number of aromatic nitrogens is 4. The number of hydrogen-bond acceptors (Lipinski definition) is 5. The molecule has 0 saturated carbocycles. The van der Waals surface area contributed by atoms with Crippen LogP contribution in [0, 0.1) is 6.92 Å². The van der Waals surface area contributed by atoms with E-state index in [1.807, 2.05) is 13.0 Å². The molecule has 3 rings (SSSR count). The van der Waals surface area contributed by atoms with Crippen molar-refractivity contribution in [3.8, 4) is 5.82 Å². The molecule has 0 aromatic carbocycles. The highest BCUT2D eigenvalue weighted by molar-refractivity contribution is 5.93. The van der Waals surface area contributed by atoms with E-state index in [9.17, 15) is 4.79 Å². The molecule has 3 aromatic rings. The molecule has 112 valence electrons. The first-order chi connectivity index (χ1) is 10.6. The standard InChI is InChI=1S/C15H15N5O2/c1-11-7-13(18-22-11)9-19(2)15(21)12-3-4-14(17-8-12)20-6-5-16-10-20/h3-8,10H,9H2,1-2H3. The monoisotopic (exact) mass is 297 g/mol. The number of hydrogen-bond donors (Lipinski definition) is 0. The molecule has 3 aromatic heterocycles. The van der Waals surface area contributed by atoms with Gasteiger partial charge in [-0.2, -0.15) is 0 Å². The van der Waals surface area contributed by atoms with Crippen molar-refractivity contribution in [1.82, 2.24) is 24.6 Å². The van der Waals surface area contributed by atoms with Crippen LogP contribution in [0.1, 0.15) is 21.8 Å². The van der Waals surface area contributed by atoms with Crippen molar-refractivity contribution >= 4 is 5.91 Å². The van der Waals surface area contributed by atoms with Crippen LogP contribution in [-0.4, -0.2) is 37.5 Å². The van der Waals surface area contributed by atoms with E-state index < -0.39 is 0 Å². The summed E-state index contributed by atoms with van der Waals surface area (Å²) in [5, 5.41) is 3.88. The van der Waals surface area contributed by atoms with Gasteiger partial charge in [-0.1, -0.05) is 5.16 Å². The second kappa shape index (κ2) is 5.80. The molecular formula is C15H15N5O2. The van der Waals surface area contributed by atoms with Gasteiger partial charge in [-0.15, -0.1) is 0 Å². The van der Waals surface area contributed by atoms with Crippen LogP contribution in [0.4, 0.5) is 0 Å². The number of rotatable bonds is 4. The van der Waals surface area contributed by atoms with Crippen LogP contribution in [-0.2, 0) is 6.54 Å². The first-order valence-corrected chi connectivity index (χ1v) is 6.75. The van der Waals surface area contributed by atoms with E-state index in [0.717, 1.165) is 11.5 Å². The van der Waals surface area contributed by atoms with Crippen molar-refractivity contribution in [2.45, 2.75) is 13.5 Å². The maximum atomic E-state index is 12.4. The molecule has 3 heterocycles. The minimum atomic E-state index is -0.120. The molecular weight excluding hydrogens is 282 g/mol. The van der Waals surface area contributed by atoms with E-state index in [-0.39, 0.29) is 5.91 Å². The number of carbonyl (C=O) groups is 1. The van der Waals surface area contributed by atoms with Crippen LogP contribution < -0.4 is 0 Å². The average molecular weight is 297 g/mol. The summed E-state index contributed by atoms with van der Waals surface area (Å²) in [7, 11) is 1.72. The smallest absolute Gasteiger partial charge is 0.255 e. The van der Waals surface area contributed by atoms with Crippen LogP contribution in [0.5, 0.6) is 0 Å². The molecule has 0 spiro atoms. The molecule has 1 amide bonds. The molecule has 0 bridgehead atoms. The Morgan fingerprint density at radius 2 is 2.27 bits per heavy atom. The van der Waals surface area contributed by atoms with Crippen molar-refractivity contribution in [3.63, 3.8) is 0 Å². The Hall–Kier alpha value is -2.96. The normalized spacial score (nSPS) is 10.6. The summed E-state index contributed by atoms with van der Waals surface area (Å²) in [4.78, 5) is 22.2. The van der Waals surface area contributed by atoms with Gasteiger partial charge < -0.3 is 9.42 Å². The molecule has 0 aliphatic rings. The SMILES string of the molecule is Cc1cc(CN(C)C(=O)c2ccc(-n3ccnc3)nc2)no1. The number of pyridine rings is 1. The Morgan fingerprint density at radius 1 is 1.41 bits per heavy atom. The average Bonchev–Trinajstić information content (AvgIpc) is 3.18. The Balaban J connectivity index is 1.71. The van der Waals surface area contributed by atoms with E-state index in [1.54, 1.807) is 53.6 Å². The minimum absolute atomic E-state index is 0.120. The van der Waals surface area contributed by atoms with Crippen molar-refractivity contribution in [2.75, 3.05) is 7.05 Å². The van der Waals surface area contributed by atoms with Gasteiger partial charge in [0.1, 0.15) is 23.6 Å². The van der Waals surface area contributed by atoms with E-state index in [2.05, 4.69) is 15.1 Å². The Labute approximate surface area is 127 Å². The van der Waals surface area contributed by atoms with E-state index in [0.29, 0.717) is 17.9 Å². The minimum Gasteiger partial charge on any atom is -0.361 e. The zero-order chi connectivity index (χ0) is 15.5. The lowest BCUT2D eigenvalue weighted by molar-refractivity contribution is 0.0781. The predicted octanol–water partition coefficient (Wildman–Crippen LogP) is 1.84. The Kier molecular flexibility index (Phi) is 3.69. The molecule has 0 saturated heterocycles. The summed E-state index contributed by atoms with van der Waals surface area (Å²) >= 11 is 0. The molecule has 0 N–H and O–H groups in total. The number of aryl methyl sites for hydroxylation is 1. The lowest BCUT2D eigenvalue weighted by atomic mass is 10.2. The van der Waals surface area contributed by atoms with Crippen LogP contribution in [0.25, 0.3) is 5.82 Å². The largest absolute Gasteiger partial charge is 0.361 e. The third-order valence-corrected chi connectivity index (χ3v) is 3.19. The summed E-state index contributed by atoms with van der Waals surface area (Å²) in [5.74, 6) is 1.32. The lowest BCUT2D eigenvalue weighted by Crippen LogP contribution is -2.26. The first-order valence-electron chi connectivity index (χ1n) is 6.75. The first kappa shape index (κ1) is 14.0. The van der Waals surface area contributed by atoms with Gasteiger partial charge in [0, 0.05) is 31.7 Å². The predicted molar refractivity (Wildman–Crippen MR) is 78.4 cm³/mol. The van der Waals surface area contributed by atoms with Crippen molar-refractivity contribution in [2.24, 2.45) is 0 Å². The van der Waals surface area contributed by atoms with Gasteiger partial charge in [-0.25, -0.2) is 9.97 Å². The quantitative estimate of drug-likeness (QED) is 0.734. The lowest BCUT2D eigenvalue weighted by Gasteiger charge is -2.15. The number of nitrogens with zero attached hydrogens (tertiary/aromatic N) is 5. The highest BCUT2D eigenvalue weighted by atomic mass is 16.5.